The van der Waals surface area contributed by atoms with Crippen LogP contribution in [0.4, 0.5) is 4.79 Å². The minimum atomic E-state index is -0.667. The zero-order valence-electron chi connectivity index (χ0n) is 11.3. The molecule has 0 unspecified atom stereocenters. The summed E-state index contributed by atoms with van der Waals surface area (Å²) in [6.45, 7) is 3.62. The van der Waals surface area contributed by atoms with E-state index in [-0.39, 0.29) is 12.3 Å². The van der Waals surface area contributed by atoms with Gasteiger partial charge in [0.1, 0.15) is 12.3 Å². The molecule has 1 N–H and O–H groups in total. The Morgan fingerprint density at radius 2 is 1.95 bits per heavy atom. The molecule has 1 aliphatic rings. The molecule has 0 spiro atoms. The fourth-order valence-electron chi connectivity index (χ4n) is 1.82. The summed E-state index contributed by atoms with van der Waals surface area (Å²) in [5.74, 6) is -0.459. The van der Waals surface area contributed by atoms with Crippen LogP contribution in [0.3, 0.4) is 0 Å². The highest BCUT2D eigenvalue weighted by Gasteiger charge is 2.21. The van der Waals surface area contributed by atoms with E-state index in [9.17, 15) is 9.59 Å². The number of alkyl carbamates (subject to hydrolysis) is 1. The van der Waals surface area contributed by atoms with Crippen molar-refractivity contribution in [1.29, 1.82) is 0 Å². The van der Waals surface area contributed by atoms with Crippen molar-refractivity contribution in [3.8, 4) is 0 Å². The summed E-state index contributed by atoms with van der Waals surface area (Å²) in [5, 5.41) is 6.22. The third-order valence-electron chi connectivity index (χ3n) is 2.75. The Labute approximate surface area is 117 Å². The number of hydrogen-bond acceptors (Lipinski definition) is 3. The SMILES string of the molecule is CC1=CC(C)=C(NC(=O)OCc2ccccc2)C(=O)[N]1. The Kier molecular flexibility index (Phi) is 4.20. The van der Waals surface area contributed by atoms with E-state index in [0.717, 1.165) is 5.56 Å². The van der Waals surface area contributed by atoms with E-state index in [4.69, 9.17) is 4.74 Å². The summed E-state index contributed by atoms with van der Waals surface area (Å²) in [7, 11) is 0. The topological polar surface area (TPSA) is 69.5 Å². The number of rotatable bonds is 3. The summed E-state index contributed by atoms with van der Waals surface area (Å²) in [6.07, 6.45) is 1.06. The number of nitrogens with zero attached hydrogens (tertiary/aromatic N) is 1. The number of benzene rings is 1. The minimum Gasteiger partial charge on any atom is -0.444 e. The molecule has 0 saturated heterocycles. The molecule has 103 valence electrons. The van der Waals surface area contributed by atoms with Gasteiger partial charge in [0.05, 0.1) is 0 Å². The summed E-state index contributed by atoms with van der Waals surface area (Å²) in [6, 6.07) is 9.31. The maximum Gasteiger partial charge on any atom is 0.412 e. The summed E-state index contributed by atoms with van der Waals surface area (Å²) in [5.41, 5.74) is 2.33. The van der Waals surface area contributed by atoms with E-state index in [2.05, 4.69) is 10.6 Å². The zero-order chi connectivity index (χ0) is 14.5. The second kappa shape index (κ2) is 6.06. The normalized spacial score (nSPS) is 14.5. The van der Waals surface area contributed by atoms with Crippen molar-refractivity contribution < 1.29 is 14.3 Å². The highest BCUT2D eigenvalue weighted by Crippen LogP contribution is 2.13. The molecule has 2 rings (SSSR count). The third kappa shape index (κ3) is 3.47. The van der Waals surface area contributed by atoms with Crippen LogP contribution in [0.25, 0.3) is 0 Å². The van der Waals surface area contributed by atoms with Crippen LogP contribution >= 0.6 is 0 Å². The van der Waals surface area contributed by atoms with Crippen molar-refractivity contribution in [3.63, 3.8) is 0 Å². The molecule has 1 aliphatic heterocycles. The predicted molar refractivity (Wildman–Crippen MR) is 73.4 cm³/mol. The van der Waals surface area contributed by atoms with E-state index in [0.29, 0.717) is 11.3 Å². The van der Waals surface area contributed by atoms with Crippen molar-refractivity contribution in [2.45, 2.75) is 20.5 Å². The molecule has 0 fully saturated rings. The monoisotopic (exact) mass is 271 g/mol. The molecule has 0 atom stereocenters. The van der Waals surface area contributed by atoms with Crippen LogP contribution in [-0.4, -0.2) is 12.0 Å². The van der Waals surface area contributed by atoms with E-state index in [1.165, 1.54) is 0 Å². The third-order valence-corrected chi connectivity index (χ3v) is 2.75. The van der Waals surface area contributed by atoms with Gasteiger partial charge in [-0.15, -0.1) is 0 Å². The van der Waals surface area contributed by atoms with Crippen molar-refractivity contribution in [2.24, 2.45) is 0 Å². The van der Waals surface area contributed by atoms with Gasteiger partial charge in [0.25, 0.3) is 5.91 Å². The number of amides is 2. The molecule has 20 heavy (non-hydrogen) atoms. The molecule has 5 nitrogen and oxygen atoms in total. The van der Waals surface area contributed by atoms with Crippen molar-refractivity contribution >= 4 is 12.0 Å². The van der Waals surface area contributed by atoms with Crippen LogP contribution in [-0.2, 0) is 16.1 Å². The van der Waals surface area contributed by atoms with Gasteiger partial charge >= 0.3 is 6.09 Å². The molecule has 1 radical (unpaired) electrons. The lowest BCUT2D eigenvalue weighted by Gasteiger charge is -2.15. The van der Waals surface area contributed by atoms with Crippen molar-refractivity contribution in [1.82, 2.24) is 10.6 Å². The van der Waals surface area contributed by atoms with E-state index in [1.807, 2.05) is 30.3 Å². The molecular weight excluding hydrogens is 256 g/mol. The van der Waals surface area contributed by atoms with E-state index < -0.39 is 12.0 Å². The second-order valence-electron chi connectivity index (χ2n) is 4.45. The summed E-state index contributed by atoms with van der Waals surface area (Å²) < 4.78 is 5.06. The van der Waals surface area contributed by atoms with Gasteiger partial charge in [-0.05, 0) is 31.1 Å². The number of carbonyl (C=O) groups excluding carboxylic acids is 2. The van der Waals surface area contributed by atoms with Gasteiger partial charge in [-0.1, -0.05) is 30.3 Å². The van der Waals surface area contributed by atoms with Gasteiger partial charge in [0.2, 0.25) is 0 Å². The lowest BCUT2D eigenvalue weighted by molar-refractivity contribution is -0.117. The van der Waals surface area contributed by atoms with Gasteiger partial charge in [-0.2, -0.15) is 0 Å². The van der Waals surface area contributed by atoms with Crippen LogP contribution in [0.1, 0.15) is 19.4 Å². The minimum absolute atomic E-state index is 0.152. The van der Waals surface area contributed by atoms with Crippen molar-refractivity contribution in [3.05, 3.63) is 58.9 Å². The van der Waals surface area contributed by atoms with E-state index >= 15 is 0 Å². The fraction of sp³-hybridized carbons (Fsp3) is 0.200. The fourth-order valence-corrected chi connectivity index (χ4v) is 1.82. The highest BCUT2D eigenvalue weighted by atomic mass is 16.5. The number of nitrogens with one attached hydrogen (secondary N) is 1. The first-order valence-electron chi connectivity index (χ1n) is 6.19. The molecule has 0 bridgehead atoms. The van der Waals surface area contributed by atoms with Crippen LogP contribution in [0.5, 0.6) is 0 Å². The zero-order valence-corrected chi connectivity index (χ0v) is 11.3. The van der Waals surface area contributed by atoms with Crippen molar-refractivity contribution in [2.75, 3.05) is 0 Å². The number of hydrogen-bond donors (Lipinski definition) is 1. The first-order chi connectivity index (χ1) is 9.56. The molecule has 1 aromatic rings. The average molecular weight is 271 g/mol. The van der Waals surface area contributed by atoms with Crippen LogP contribution in [0, 0.1) is 0 Å². The molecular formula is C15H15N2O3. The van der Waals surface area contributed by atoms with Crippen LogP contribution in [0.15, 0.2) is 53.4 Å². The summed E-state index contributed by atoms with van der Waals surface area (Å²) in [4.78, 5) is 23.4. The quantitative estimate of drug-likeness (QED) is 0.916. The Morgan fingerprint density at radius 3 is 2.60 bits per heavy atom. The Hall–Kier alpha value is -2.56. The molecule has 2 amide bonds. The molecule has 0 saturated carbocycles. The highest BCUT2D eigenvalue weighted by molar-refractivity contribution is 5.99. The largest absolute Gasteiger partial charge is 0.444 e. The average Bonchev–Trinajstić information content (AvgIpc) is 2.42. The van der Waals surface area contributed by atoms with Gasteiger partial charge in [-0.3, -0.25) is 10.1 Å². The molecule has 0 aliphatic carbocycles. The molecule has 0 aromatic heterocycles. The molecule has 1 aromatic carbocycles. The Bertz CT molecular complexity index is 588. The van der Waals surface area contributed by atoms with Gasteiger partial charge < -0.3 is 4.74 Å². The Morgan fingerprint density at radius 1 is 1.25 bits per heavy atom. The standard InChI is InChI=1S/C15H15N2O3/c1-10-8-11(2)16-14(18)13(10)17-15(19)20-9-12-6-4-3-5-7-12/h3-8H,9H2,1-2H3,(H,17,19). The smallest absolute Gasteiger partial charge is 0.412 e. The summed E-state index contributed by atoms with van der Waals surface area (Å²) >= 11 is 0. The first kappa shape index (κ1) is 13.9. The number of ether oxygens (including phenoxy) is 1. The maximum absolute atomic E-state index is 11.7. The van der Waals surface area contributed by atoms with Gasteiger partial charge in [0.15, 0.2) is 0 Å². The second-order valence-corrected chi connectivity index (χ2v) is 4.45. The van der Waals surface area contributed by atoms with Gasteiger partial charge in [-0.25, -0.2) is 10.1 Å². The molecule has 1 heterocycles. The lowest BCUT2D eigenvalue weighted by Crippen LogP contribution is -2.34. The van der Waals surface area contributed by atoms with Crippen LogP contribution in [0.2, 0.25) is 0 Å². The van der Waals surface area contributed by atoms with Crippen LogP contribution < -0.4 is 10.6 Å². The van der Waals surface area contributed by atoms with E-state index in [1.54, 1.807) is 19.9 Å². The van der Waals surface area contributed by atoms with Gasteiger partial charge in [0, 0.05) is 5.70 Å². The Balaban J connectivity index is 1.95. The number of allylic oxidation sites excluding steroid dienone is 3. The number of carbonyl (C=O) groups is 2. The first-order valence-corrected chi connectivity index (χ1v) is 6.19. The predicted octanol–water partition coefficient (Wildman–Crippen LogP) is 2.24. The molecule has 5 heteroatoms. The maximum atomic E-state index is 11.7. The lowest BCUT2D eigenvalue weighted by atomic mass is 10.1.